The van der Waals surface area contributed by atoms with Gasteiger partial charge in [-0.1, -0.05) is 46.5 Å². The third kappa shape index (κ3) is 3.62. The summed E-state index contributed by atoms with van der Waals surface area (Å²) in [6.45, 7) is 6.68. The monoisotopic (exact) mass is 210 g/mol. The predicted molar refractivity (Wildman–Crippen MR) is 64.8 cm³/mol. The maximum Gasteiger partial charge on any atom is 0.135 e. The summed E-state index contributed by atoms with van der Waals surface area (Å²) in [5, 5.41) is 0. The number of rotatable bonds is 6. The van der Waals surface area contributed by atoms with Crippen molar-refractivity contribution in [2.24, 2.45) is 17.8 Å². The fraction of sp³-hybridized carbons (Fsp3) is 0.929. The number of carbonyl (C=O) groups is 1. The molecule has 0 aromatic rings. The zero-order valence-electron chi connectivity index (χ0n) is 10.6. The molecule has 1 heteroatoms. The van der Waals surface area contributed by atoms with Crippen LogP contribution >= 0.6 is 0 Å². The Hall–Kier alpha value is -0.330. The van der Waals surface area contributed by atoms with Crippen LogP contribution in [0.4, 0.5) is 0 Å². The van der Waals surface area contributed by atoms with E-state index in [1.165, 1.54) is 32.1 Å². The van der Waals surface area contributed by atoms with Crippen molar-refractivity contribution in [3.63, 3.8) is 0 Å². The maximum absolute atomic E-state index is 11.5. The molecular weight excluding hydrogens is 184 g/mol. The first-order valence-corrected chi connectivity index (χ1v) is 6.71. The largest absolute Gasteiger partial charge is 0.299 e. The summed E-state index contributed by atoms with van der Waals surface area (Å²) in [7, 11) is 0. The molecule has 1 rings (SSSR count). The highest BCUT2D eigenvalue weighted by Gasteiger charge is 2.31. The molecule has 1 fully saturated rings. The summed E-state index contributed by atoms with van der Waals surface area (Å²) < 4.78 is 0. The zero-order chi connectivity index (χ0) is 11.3. The lowest BCUT2D eigenvalue weighted by molar-refractivity contribution is -0.120. The van der Waals surface area contributed by atoms with E-state index in [1.54, 1.807) is 0 Å². The maximum atomic E-state index is 11.5. The lowest BCUT2D eigenvalue weighted by Gasteiger charge is -2.21. The summed E-state index contributed by atoms with van der Waals surface area (Å²) in [6.07, 6.45) is 8.60. The molecule has 0 aromatic heterocycles. The molecule has 1 aliphatic rings. The highest BCUT2D eigenvalue weighted by Crippen LogP contribution is 2.35. The quantitative estimate of drug-likeness (QED) is 0.642. The Kier molecular flexibility index (Phi) is 5.35. The van der Waals surface area contributed by atoms with Crippen molar-refractivity contribution in [2.45, 2.75) is 65.7 Å². The Morgan fingerprint density at radius 3 is 2.60 bits per heavy atom. The molecule has 3 unspecified atom stereocenters. The fourth-order valence-electron chi connectivity index (χ4n) is 2.80. The number of hydrogen-bond acceptors (Lipinski definition) is 1. The first kappa shape index (κ1) is 12.7. The first-order valence-electron chi connectivity index (χ1n) is 6.71. The van der Waals surface area contributed by atoms with Gasteiger partial charge in [0.05, 0.1) is 0 Å². The minimum Gasteiger partial charge on any atom is -0.299 e. The number of ketones is 1. The molecule has 88 valence electrons. The summed E-state index contributed by atoms with van der Waals surface area (Å²) in [5.74, 6) is 2.41. The van der Waals surface area contributed by atoms with Crippen molar-refractivity contribution >= 4 is 5.78 Å². The standard InChI is InChI=1S/C14H26O/c1-4-6-7-12(5-2)10-13-8-9-14(15)11(13)3/h11-13H,4-10H2,1-3H3. The van der Waals surface area contributed by atoms with Crippen molar-refractivity contribution < 1.29 is 4.79 Å². The van der Waals surface area contributed by atoms with E-state index in [9.17, 15) is 4.79 Å². The van der Waals surface area contributed by atoms with Gasteiger partial charge in [-0.15, -0.1) is 0 Å². The van der Waals surface area contributed by atoms with Crippen LogP contribution in [0.2, 0.25) is 0 Å². The Labute approximate surface area is 94.6 Å². The molecule has 0 aromatic carbocycles. The second-order valence-electron chi connectivity index (χ2n) is 5.21. The van der Waals surface area contributed by atoms with Gasteiger partial charge in [-0.3, -0.25) is 4.79 Å². The lowest BCUT2D eigenvalue weighted by Crippen LogP contribution is -2.14. The molecule has 1 aliphatic carbocycles. The van der Waals surface area contributed by atoms with Crippen LogP contribution in [0.25, 0.3) is 0 Å². The molecule has 0 bridgehead atoms. The van der Waals surface area contributed by atoms with Crippen molar-refractivity contribution in [3.8, 4) is 0 Å². The van der Waals surface area contributed by atoms with E-state index in [4.69, 9.17) is 0 Å². The van der Waals surface area contributed by atoms with Gasteiger partial charge >= 0.3 is 0 Å². The highest BCUT2D eigenvalue weighted by atomic mass is 16.1. The van der Waals surface area contributed by atoms with Crippen molar-refractivity contribution in [3.05, 3.63) is 0 Å². The molecule has 0 amide bonds. The van der Waals surface area contributed by atoms with E-state index in [0.29, 0.717) is 17.6 Å². The Balaban J connectivity index is 2.34. The van der Waals surface area contributed by atoms with E-state index in [0.717, 1.165) is 18.8 Å². The molecule has 0 radical (unpaired) electrons. The van der Waals surface area contributed by atoms with Crippen LogP contribution in [0.5, 0.6) is 0 Å². The summed E-state index contributed by atoms with van der Waals surface area (Å²) in [5.41, 5.74) is 0. The van der Waals surface area contributed by atoms with Crippen LogP contribution in [-0.2, 0) is 4.79 Å². The van der Waals surface area contributed by atoms with Crippen LogP contribution in [0.3, 0.4) is 0 Å². The Morgan fingerprint density at radius 2 is 2.13 bits per heavy atom. The third-order valence-corrected chi connectivity index (χ3v) is 4.16. The van der Waals surface area contributed by atoms with E-state index in [1.807, 2.05) is 0 Å². The molecule has 1 nitrogen and oxygen atoms in total. The minimum atomic E-state index is 0.348. The smallest absolute Gasteiger partial charge is 0.135 e. The van der Waals surface area contributed by atoms with Gasteiger partial charge in [0, 0.05) is 12.3 Å². The molecule has 0 heterocycles. The molecule has 0 spiro atoms. The van der Waals surface area contributed by atoms with E-state index in [2.05, 4.69) is 20.8 Å². The number of carbonyl (C=O) groups excluding carboxylic acids is 1. The molecule has 1 saturated carbocycles. The van der Waals surface area contributed by atoms with Gasteiger partial charge < -0.3 is 0 Å². The van der Waals surface area contributed by atoms with Crippen LogP contribution in [0.15, 0.2) is 0 Å². The SMILES string of the molecule is CCCCC(CC)CC1CCC(=O)C1C. The van der Waals surface area contributed by atoms with E-state index < -0.39 is 0 Å². The van der Waals surface area contributed by atoms with Crippen molar-refractivity contribution in [1.29, 1.82) is 0 Å². The van der Waals surface area contributed by atoms with Crippen LogP contribution in [-0.4, -0.2) is 5.78 Å². The van der Waals surface area contributed by atoms with E-state index in [-0.39, 0.29) is 0 Å². The molecular formula is C14H26O. The van der Waals surface area contributed by atoms with Gasteiger partial charge in [-0.25, -0.2) is 0 Å². The van der Waals surface area contributed by atoms with Crippen LogP contribution in [0.1, 0.15) is 65.7 Å². The Morgan fingerprint density at radius 1 is 1.40 bits per heavy atom. The summed E-state index contributed by atoms with van der Waals surface area (Å²) in [4.78, 5) is 11.5. The second-order valence-corrected chi connectivity index (χ2v) is 5.21. The molecule has 0 saturated heterocycles. The third-order valence-electron chi connectivity index (χ3n) is 4.16. The average molecular weight is 210 g/mol. The normalized spacial score (nSPS) is 28.3. The van der Waals surface area contributed by atoms with Crippen LogP contribution in [0, 0.1) is 17.8 Å². The fourth-order valence-corrected chi connectivity index (χ4v) is 2.80. The van der Waals surface area contributed by atoms with Crippen LogP contribution < -0.4 is 0 Å². The first-order chi connectivity index (χ1) is 7.19. The van der Waals surface area contributed by atoms with Gasteiger partial charge in [0.25, 0.3) is 0 Å². The number of unbranched alkanes of at least 4 members (excludes halogenated alkanes) is 1. The van der Waals surface area contributed by atoms with Gasteiger partial charge in [0.1, 0.15) is 5.78 Å². The summed E-state index contributed by atoms with van der Waals surface area (Å²) >= 11 is 0. The molecule has 3 atom stereocenters. The van der Waals surface area contributed by atoms with Crippen molar-refractivity contribution in [1.82, 2.24) is 0 Å². The van der Waals surface area contributed by atoms with Crippen molar-refractivity contribution in [2.75, 3.05) is 0 Å². The predicted octanol–water partition coefficient (Wildman–Crippen LogP) is 4.21. The van der Waals surface area contributed by atoms with Gasteiger partial charge in [-0.2, -0.15) is 0 Å². The molecule has 15 heavy (non-hydrogen) atoms. The average Bonchev–Trinajstić information content (AvgIpc) is 2.55. The lowest BCUT2D eigenvalue weighted by atomic mass is 9.84. The summed E-state index contributed by atoms with van der Waals surface area (Å²) in [6, 6.07) is 0. The van der Waals surface area contributed by atoms with Gasteiger partial charge in [0.15, 0.2) is 0 Å². The number of Topliss-reactive ketones (excluding diaryl/α,β-unsaturated/α-hetero) is 1. The topological polar surface area (TPSA) is 17.1 Å². The molecule has 0 N–H and O–H groups in total. The number of hydrogen-bond donors (Lipinski definition) is 0. The minimum absolute atomic E-state index is 0.348. The van der Waals surface area contributed by atoms with Gasteiger partial charge in [-0.05, 0) is 24.7 Å². The highest BCUT2D eigenvalue weighted by molar-refractivity contribution is 5.82. The van der Waals surface area contributed by atoms with Gasteiger partial charge in [0.2, 0.25) is 0 Å². The van der Waals surface area contributed by atoms with E-state index >= 15 is 0 Å². The molecule has 0 aliphatic heterocycles. The zero-order valence-corrected chi connectivity index (χ0v) is 10.6. The second kappa shape index (κ2) is 6.30. The Bertz CT molecular complexity index is 198.